The summed E-state index contributed by atoms with van der Waals surface area (Å²) in [6.45, 7) is 0. The van der Waals surface area contributed by atoms with Crippen molar-refractivity contribution in [1.29, 1.82) is 0 Å². The molecule has 0 saturated heterocycles. The van der Waals surface area contributed by atoms with Crippen LogP contribution in [0, 0.1) is 0 Å². The molecule has 66 valence electrons. The van der Waals surface area contributed by atoms with Crippen LogP contribution in [0.25, 0.3) is 0 Å². The lowest BCUT2D eigenvalue weighted by molar-refractivity contribution is 0.609. The zero-order valence-electron chi connectivity index (χ0n) is 5.99. The number of halogens is 1. The summed E-state index contributed by atoms with van der Waals surface area (Å²) in [5.41, 5.74) is 2.99. The Hall–Kier alpha value is -0.780. The average molecular weight is 207 g/mol. The summed E-state index contributed by atoms with van der Waals surface area (Å²) in [6.07, 6.45) is 0. The van der Waals surface area contributed by atoms with E-state index >= 15 is 0 Å². The minimum Gasteiger partial charge on any atom is -0.324 e. The smallest absolute Gasteiger partial charge is 0.261 e. The molecule has 1 rings (SSSR count). The first kappa shape index (κ1) is 9.31. The summed E-state index contributed by atoms with van der Waals surface area (Å²) in [5, 5.41) is 0. The Labute approximate surface area is 74.7 Å². The van der Waals surface area contributed by atoms with E-state index in [1.165, 1.54) is 24.3 Å². The predicted octanol–water partition coefficient (Wildman–Crippen LogP) is 0.900. The molecular formula is C6H7ClN2O2S. The standard InChI is InChI=1S/C6H7ClN2O2S/c7-12(10,11)6-3-1-5(9-8)2-4-6/h1-4,9H,8H2. The van der Waals surface area contributed by atoms with Crippen LogP contribution in [0.2, 0.25) is 0 Å². The number of benzene rings is 1. The second-order valence-corrected chi connectivity index (χ2v) is 4.67. The van der Waals surface area contributed by atoms with Gasteiger partial charge in [-0.3, -0.25) is 5.84 Å². The maximum Gasteiger partial charge on any atom is 0.261 e. The van der Waals surface area contributed by atoms with Gasteiger partial charge in [0.2, 0.25) is 0 Å². The van der Waals surface area contributed by atoms with Crippen molar-refractivity contribution in [3.05, 3.63) is 24.3 Å². The van der Waals surface area contributed by atoms with Gasteiger partial charge in [-0.2, -0.15) is 0 Å². The third kappa shape index (κ3) is 2.10. The molecule has 3 N–H and O–H groups in total. The van der Waals surface area contributed by atoms with Crippen LogP contribution in [-0.2, 0) is 9.05 Å². The lowest BCUT2D eigenvalue weighted by Crippen LogP contribution is -2.06. The van der Waals surface area contributed by atoms with Crippen molar-refractivity contribution in [3.63, 3.8) is 0 Å². The number of nitrogens with two attached hydrogens (primary N) is 1. The second-order valence-electron chi connectivity index (χ2n) is 2.11. The van der Waals surface area contributed by atoms with E-state index in [1.807, 2.05) is 0 Å². The zero-order chi connectivity index (χ0) is 9.19. The van der Waals surface area contributed by atoms with Crippen LogP contribution in [0.4, 0.5) is 5.69 Å². The summed E-state index contributed by atoms with van der Waals surface area (Å²) < 4.78 is 21.5. The lowest BCUT2D eigenvalue weighted by Gasteiger charge is -1.99. The van der Waals surface area contributed by atoms with Crippen molar-refractivity contribution in [3.8, 4) is 0 Å². The highest BCUT2D eigenvalue weighted by atomic mass is 35.7. The van der Waals surface area contributed by atoms with Gasteiger partial charge in [0.25, 0.3) is 9.05 Å². The molecule has 0 spiro atoms. The van der Waals surface area contributed by atoms with Crippen molar-refractivity contribution < 1.29 is 8.42 Å². The van der Waals surface area contributed by atoms with E-state index in [9.17, 15) is 8.42 Å². The largest absolute Gasteiger partial charge is 0.324 e. The fraction of sp³-hybridized carbons (Fsp3) is 0. The highest BCUT2D eigenvalue weighted by Crippen LogP contribution is 2.16. The molecular weight excluding hydrogens is 200 g/mol. The van der Waals surface area contributed by atoms with Gasteiger partial charge in [-0.1, -0.05) is 0 Å². The van der Waals surface area contributed by atoms with Gasteiger partial charge in [-0.05, 0) is 24.3 Å². The molecule has 0 fully saturated rings. The molecule has 0 heterocycles. The molecule has 0 aliphatic heterocycles. The SMILES string of the molecule is NNc1ccc(S(=O)(=O)Cl)cc1. The minimum absolute atomic E-state index is 0.0585. The number of anilines is 1. The van der Waals surface area contributed by atoms with Gasteiger partial charge in [0.15, 0.2) is 0 Å². The molecule has 0 aliphatic rings. The van der Waals surface area contributed by atoms with Crippen molar-refractivity contribution in [2.24, 2.45) is 5.84 Å². The molecule has 4 nitrogen and oxygen atoms in total. The third-order valence-corrected chi connectivity index (χ3v) is 2.67. The fourth-order valence-electron chi connectivity index (χ4n) is 0.714. The second kappa shape index (κ2) is 3.30. The summed E-state index contributed by atoms with van der Waals surface area (Å²) in [5.74, 6) is 5.08. The Morgan fingerprint density at radius 3 is 2.08 bits per heavy atom. The normalized spacial score (nSPS) is 11.2. The van der Waals surface area contributed by atoms with Crippen LogP contribution in [0.15, 0.2) is 29.2 Å². The summed E-state index contributed by atoms with van der Waals surface area (Å²) >= 11 is 0. The van der Waals surface area contributed by atoms with E-state index in [1.54, 1.807) is 0 Å². The van der Waals surface area contributed by atoms with Crippen LogP contribution in [0.3, 0.4) is 0 Å². The average Bonchev–Trinajstić information content (AvgIpc) is 2.03. The maximum absolute atomic E-state index is 10.7. The van der Waals surface area contributed by atoms with Crippen molar-refractivity contribution in [1.82, 2.24) is 0 Å². The molecule has 0 saturated carbocycles. The first-order valence-corrected chi connectivity index (χ1v) is 5.36. The predicted molar refractivity (Wildman–Crippen MR) is 47.3 cm³/mol. The highest BCUT2D eigenvalue weighted by Gasteiger charge is 2.08. The van der Waals surface area contributed by atoms with Gasteiger partial charge < -0.3 is 5.43 Å². The van der Waals surface area contributed by atoms with Crippen LogP contribution in [-0.4, -0.2) is 8.42 Å². The Bertz CT molecular complexity index is 360. The van der Waals surface area contributed by atoms with E-state index in [0.29, 0.717) is 5.69 Å². The molecule has 0 unspecified atom stereocenters. The first-order chi connectivity index (χ1) is 5.54. The molecule has 1 aromatic carbocycles. The number of hydrazine groups is 1. The monoisotopic (exact) mass is 206 g/mol. The highest BCUT2D eigenvalue weighted by molar-refractivity contribution is 8.13. The van der Waals surface area contributed by atoms with E-state index in [-0.39, 0.29) is 4.90 Å². The van der Waals surface area contributed by atoms with Gasteiger partial charge in [0.05, 0.1) is 4.90 Å². The van der Waals surface area contributed by atoms with Crippen LogP contribution >= 0.6 is 10.7 Å². The van der Waals surface area contributed by atoms with E-state index in [2.05, 4.69) is 5.43 Å². The number of hydrogen-bond donors (Lipinski definition) is 2. The van der Waals surface area contributed by atoms with Gasteiger partial charge in [0, 0.05) is 16.4 Å². The Balaban J connectivity index is 3.09. The van der Waals surface area contributed by atoms with Gasteiger partial charge >= 0.3 is 0 Å². The first-order valence-electron chi connectivity index (χ1n) is 3.05. The number of nitrogens with one attached hydrogen (secondary N) is 1. The number of nitrogen functional groups attached to an aromatic ring is 1. The Morgan fingerprint density at radius 2 is 1.75 bits per heavy atom. The van der Waals surface area contributed by atoms with E-state index in [0.717, 1.165) is 0 Å². The number of rotatable bonds is 2. The molecule has 6 heteroatoms. The molecule has 0 amide bonds. The Kier molecular flexibility index (Phi) is 2.56. The molecule has 1 aromatic rings. The number of hydrogen-bond acceptors (Lipinski definition) is 4. The van der Waals surface area contributed by atoms with Crippen LogP contribution < -0.4 is 11.3 Å². The van der Waals surface area contributed by atoms with Crippen molar-refractivity contribution >= 4 is 25.4 Å². The molecule has 12 heavy (non-hydrogen) atoms. The lowest BCUT2D eigenvalue weighted by atomic mass is 10.3. The molecule has 0 aliphatic carbocycles. The maximum atomic E-state index is 10.7. The molecule has 0 radical (unpaired) electrons. The van der Waals surface area contributed by atoms with Crippen molar-refractivity contribution in [2.45, 2.75) is 4.90 Å². The zero-order valence-corrected chi connectivity index (χ0v) is 7.56. The molecule has 0 atom stereocenters. The van der Waals surface area contributed by atoms with E-state index < -0.39 is 9.05 Å². The summed E-state index contributed by atoms with van der Waals surface area (Å²) in [7, 11) is 1.45. The van der Waals surface area contributed by atoms with Crippen LogP contribution in [0.1, 0.15) is 0 Å². The quantitative estimate of drug-likeness (QED) is 0.429. The topological polar surface area (TPSA) is 72.2 Å². The van der Waals surface area contributed by atoms with Gasteiger partial charge in [-0.25, -0.2) is 8.42 Å². The van der Waals surface area contributed by atoms with Gasteiger partial charge in [-0.15, -0.1) is 0 Å². The van der Waals surface area contributed by atoms with Gasteiger partial charge in [0.1, 0.15) is 0 Å². The Morgan fingerprint density at radius 1 is 1.25 bits per heavy atom. The van der Waals surface area contributed by atoms with E-state index in [4.69, 9.17) is 16.5 Å². The molecule has 0 bridgehead atoms. The fourth-order valence-corrected chi connectivity index (χ4v) is 1.48. The van der Waals surface area contributed by atoms with Crippen LogP contribution in [0.5, 0.6) is 0 Å². The summed E-state index contributed by atoms with van der Waals surface area (Å²) in [4.78, 5) is 0.0585. The van der Waals surface area contributed by atoms with Crippen molar-refractivity contribution in [2.75, 3.05) is 5.43 Å². The third-order valence-electron chi connectivity index (χ3n) is 1.30. The minimum atomic E-state index is -3.62. The summed E-state index contributed by atoms with van der Waals surface area (Å²) in [6, 6.07) is 5.79. The molecule has 0 aromatic heterocycles.